The summed E-state index contributed by atoms with van der Waals surface area (Å²) in [6, 6.07) is 0. The molecule has 0 aromatic heterocycles. The Kier molecular flexibility index (Phi) is 9.72. The van der Waals surface area contributed by atoms with Crippen LogP contribution in [0.25, 0.3) is 0 Å². The van der Waals surface area contributed by atoms with Gasteiger partial charge in [-0.25, -0.2) is 5.26 Å². The molecule has 134 valence electrons. The van der Waals surface area contributed by atoms with Crippen LogP contribution in [-0.2, 0) is 29.0 Å². The Labute approximate surface area is 127 Å². The van der Waals surface area contributed by atoms with E-state index in [4.69, 9.17) is 9.81 Å². The third kappa shape index (κ3) is 9.73. The van der Waals surface area contributed by atoms with Gasteiger partial charge in [-0.3, -0.25) is 4.55 Å². The molecule has 0 aliphatic heterocycles. The molecule has 0 heterocycles. The van der Waals surface area contributed by atoms with Crippen molar-refractivity contribution in [1.82, 2.24) is 0 Å². The number of unbranched alkanes of at least 4 members (excludes halogenated alkanes) is 1. The van der Waals surface area contributed by atoms with E-state index in [1.807, 2.05) is 0 Å². The van der Waals surface area contributed by atoms with E-state index in [0.29, 0.717) is 0 Å². The number of hydrogen-bond donors (Lipinski definition) is 2. The highest BCUT2D eigenvalue weighted by molar-refractivity contribution is 7.95. The van der Waals surface area contributed by atoms with Crippen LogP contribution in [0.3, 0.4) is 0 Å². The Morgan fingerprint density at radius 2 is 1.50 bits per heavy atom. The first-order valence-corrected chi connectivity index (χ1v) is 7.74. The molecule has 0 amide bonds. The van der Waals surface area contributed by atoms with Crippen molar-refractivity contribution in [3.05, 3.63) is 0 Å². The van der Waals surface area contributed by atoms with Gasteiger partial charge in [0.15, 0.2) is 0 Å². The fraction of sp³-hybridized carbons (Fsp3) is 1.00. The van der Waals surface area contributed by atoms with Crippen LogP contribution < -0.4 is 0 Å². The molecular formula is C8H14F4O8S2. The zero-order chi connectivity index (χ0) is 17.3. The highest BCUT2D eigenvalue weighted by atomic mass is 32.2. The Morgan fingerprint density at radius 1 is 1.00 bits per heavy atom. The lowest BCUT2D eigenvalue weighted by Gasteiger charge is -2.14. The first-order chi connectivity index (χ1) is 10.0. The molecule has 0 aliphatic rings. The summed E-state index contributed by atoms with van der Waals surface area (Å²) in [6.45, 7) is -2.97. The van der Waals surface area contributed by atoms with Gasteiger partial charge >= 0.3 is 20.6 Å². The number of alkyl halides is 4. The van der Waals surface area contributed by atoms with Crippen molar-refractivity contribution >= 4 is 22.2 Å². The molecule has 0 saturated heterocycles. The molecule has 0 fully saturated rings. The van der Waals surface area contributed by atoms with Gasteiger partial charge in [0.05, 0.1) is 0 Å². The van der Waals surface area contributed by atoms with Gasteiger partial charge in [-0.2, -0.15) is 26.0 Å². The van der Waals surface area contributed by atoms with Crippen LogP contribution in [0.4, 0.5) is 17.6 Å². The lowest BCUT2D eigenvalue weighted by Crippen LogP contribution is -2.33. The first kappa shape index (κ1) is 21.8. The van der Waals surface area contributed by atoms with Crippen molar-refractivity contribution in [3.63, 3.8) is 0 Å². The van der Waals surface area contributed by atoms with Gasteiger partial charge < -0.3 is 9.47 Å². The summed E-state index contributed by atoms with van der Waals surface area (Å²) in [5, 5.41) is 2.81. The zero-order valence-corrected chi connectivity index (χ0v) is 12.5. The second-order valence-electron chi connectivity index (χ2n) is 3.79. The van der Waals surface area contributed by atoms with E-state index in [1.54, 1.807) is 0 Å². The van der Waals surface area contributed by atoms with Gasteiger partial charge in [0.1, 0.15) is 25.3 Å². The summed E-state index contributed by atoms with van der Waals surface area (Å²) >= 11 is -0.464. The van der Waals surface area contributed by atoms with Crippen molar-refractivity contribution in [2.24, 2.45) is 0 Å². The van der Waals surface area contributed by atoms with Crippen LogP contribution in [-0.4, -0.2) is 55.2 Å². The Balaban J connectivity index is 3.63. The normalized spacial score (nSPS) is 13.5. The summed E-state index contributed by atoms with van der Waals surface area (Å²) < 4.78 is 92.1. The Morgan fingerprint density at radius 3 is 1.95 bits per heavy atom. The summed E-state index contributed by atoms with van der Waals surface area (Å²) in [5.74, 6) is 0. The molecule has 0 aliphatic carbocycles. The lowest BCUT2D eigenvalue weighted by molar-refractivity contribution is -0.433. The molecule has 0 aromatic carbocycles. The molecule has 0 unspecified atom stereocenters. The van der Waals surface area contributed by atoms with E-state index in [9.17, 15) is 26.0 Å². The maximum atomic E-state index is 12.8. The molecule has 0 bridgehead atoms. The van der Waals surface area contributed by atoms with Crippen LogP contribution in [0.2, 0.25) is 0 Å². The molecule has 0 atom stereocenters. The van der Waals surface area contributed by atoms with Gasteiger partial charge in [-0.15, -0.1) is 4.33 Å². The second-order valence-corrected chi connectivity index (χ2v) is 6.24. The highest BCUT2D eigenvalue weighted by Crippen LogP contribution is 2.30. The highest BCUT2D eigenvalue weighted by Gasteiger charge is 2.44. The summed E-state index contributed by atoms with van der Waals surface area (Å²) in [7, 11) is -5.54. The fourth-order valence-corrected chi connectivity index (χ4v) is 1.45. The van der Waals surface area contributed by atoms with Gasteiger partial charge in [0.25, 0.3) is 0 Å². The minimum Gasteiger partial charge on any atom is -0.374 e. The molecule has 0 aromatic rings. The van der Waals surface area contributed by atoms with Gasteiger partial charge in [0.2, 0.25) is 0 Å². The lowest BCUT2D eigenvalue weighted by atomic mass is 10.3. The first-order valence-electron chi connectivity index (χ1n) is 5.56. The van der Waals surface area contributed by atoms with Crippen LogP contribution in [0.15, 0.2) is 0 Å². The topological polar surface area (TPSA) is 112 Å². The van der Waals surface area contributed by atoms with E-state index in [-0.39, 0.29) is 26.1 Å². The summed E-state index contributed by atoms with van der Waals surface area (Å²) in [4.78, 5) is 0. The number of ether oxygens (including phenoxy) is 2. The minimum atomic E-state index is -5.54. The predicted molar refractivity (Wildman–Crippen MR) is 64.7 cm³/mol. The SMILES string of the molecule is O=S(=O)(O)C(F)(F)COCCCCOCC(F)(F)SOOO. The second kappa shape index (κ2) is 9.82. The van der Waals surface area contributed by atoms with Gasteiger partial charge in [-0.1, -0.05) is 5.04 Å². The molecule has 8 nitrogen and oxygen atoms in total. The molecule has 0 rings (SSSR count). The maximum Gasteiger partial charge on any atom is 0.392 e. The van der Waals surface area contributed by atoms with E-state index in [0.717, 1.165) is 0 Å². The quantitative estimate of drug-likeness (QED) is 0.124. The fourth-order valence-electron chi connectivity index (χ4n) is 0.954. The van der Waals surface area contributed by atoms with Crippen molar-refractivity contribution in [2.75, 3.05) is 26.4 Å². The van der Waals surface area contributed by atoms with E-state index in [2.05, 4.69) is 18.8 Å². The Bertz CT molecular complexity index is 405. The van der Waals surface area contributed by atoms with Crippen molar-refractivity contribution < 1.29 is 54.6 Å². The van der Waals surface area contributed by atoms with E-state index >= 15 is 0 Å². The number of halogens is 4. The smallest absolute Gasteiger partial charge is 0.374 e. The van der Waals surface area contributed by atoms with Crippen molar-refractivity contribution in [1.29, 1.82) is 0 Å². The molecule has 2 N–H and O–H groups in total. The number of hydrogen-bond acceptors (Lipinski definition) is 8. The molecule has 0 radical (unpaired) electrons. The van der Waals surface area contributed by atoms with Crippen LogP contribution in [0.5, 0.6) is 0 Å². The largest absolute Gasteiger partial charge is 0.392 e. The van der Waals surface area contributed by atoms with Crippen LogP contribution >= 0.6 is 12.0 Å². The van der Waals surface area contributed by atoms with E-state index < -0.39 is 45.9 Å². The minimum absolute atomic E-state index is 0.135. The van der Waals surface area contributed by atoms with E-state index in [1.165, 1.54) is 0 Å². The van der Waals surface area contributed by atoms with Crippen molar-refractivity contribution in [3.8, 4) is 0 Å². The van der Waals surface area contributed by atoms with Gasteiger partial charge in [0, 0.05) is 13.2 Å². The molecular weight excluding hydrogens is 364 g/mol. The van der Waals surface area contributed by atoms with Crippen molar-refractivity contribution in [2.45, 2.75) is 23.4 Å². The molecule has 0 saturated carbocycles. The van der Waals surface area contributed by atoms with Gasteiger partial charge in [-0.05, 0) is 12.8 Å². The molecule has 0 spiro atoms. The average Bonchev–Trinajstić information content (AvgIpc) is 2.38. The monoisotopic (exact) mass is 378 g/mol. The summed E-state index contributed by atoms with van der Waals surface area (Å²) in [5.41, 5.74) is 0. The molecule has 22 heavy (non-hydrogen) atoms. The van der Waals surface area contributed by atoms with Crippen LogP contribution in [0, 0.1) is 0 Å². The zero-order valence-electron chi connectivity index (χ0n) is 10.9. The average molecular weight is 378 g/mol. The number of rotatable bonds is 13. The maximum absolute atomic E-state index is 12.8. The standard InChI is InChI=1S/C8H14F4O8S2/c9-7(10,21-20-19-13)5-17-3-1-2-4-18-6-8(11,12)22(14,15)16/h13H,1-6H2,(H,14,15,16). The third-order valence-corrected chi connectivity index (χ3v) is 3.29. The summed E-state index contributed by atoms with van der Waals surface area (Å²) in [6.07, 6.45) is 0.312. The third-order valence-electron chi connectivity index (χ3n) is 1.93. The Hall–Kier alpha value is -0.220. The van der Waals surface area contributed by atoms with Crippen LogP contribution in [0.1, 0.15) is 12.8 Å². The molecule has 14 heteroatoms. The predicted octanol–water partition coefficient (Wildman–Crippen LogP) is 1.94.